The number of hydrogen-bond acceptors (Lipinski definition) is 3. The molecule has 1 rings (SSSR count). The highest BCUT2D eigenvalue weighted by Gasteiger charge is 2.14. The zero-order valence-electron chi connectivity index (χ0n) is 9.26. The van der Waals surface area contributed by atoms with Crippen molar-refractivity contribution in [1.82, 2.24) is 5.32 Å². The summed E-state index contributed by atoms with van der Waals surface area (Å²) < 4.78 is 10.8. The van der Waals surface area contributed by atoms with Crippen molar-refractivity contribution in [2.45, 2.75) is 38.7 Å². The molecule has 14 heavy (non-hydrogen) atoms. The second-order valence-electron chi connectivity index (χ2n) is 3.81. The molecule has 0 saturated carbocycles. The van der Waals surface area contributed by atoms with Gasteiger partial charge in [0.2, 0.25) is 0 Å². The Hall–Kier alpha value is -0.120. The van der Waals surface area contributed by atoms with Gasteiger partial charge in [-0.2, -0.15) is 0 Å². The number of nitrogens with one attached hydrogen (secondary N) is 1. The standard InChI is InChI=1S/C11H23NO2/c1-2-3-4-6-12-7-9-14-11-5-8-13-10-11/h11-12H,2-10H2,1H3. The highest BCUT2D eigenvalue weighted by Crippen LogP contribution is 2.06. The molecule has 0 radical (unpaired) electrons. The molecule has 0 amide bonds. The van der Waals surface area contributed by atoms with Crippen LogP contribution in [0.3, 0.4) is 0 Å². The topological polar surface area (TPSA) is 30.5 Å². The SMILES string of the molecule is CCCCCNCCOC1CCOC1. The van der Waals surface area contributed by atoms with Crippen molar-refractivity contribution in [2.24, 2.45) is 0 Å². The zero-order chi connectivity index (χ0) is 10.1. The van der Waals surface area contributed by atoms with Crippen LogP contribution in [0.25, 0.3) is 0 Å². The van der Waals surface area contributed by atoms with E-state index in [1.807, 2.05) is 0 Å². The van der Waals surface area contributed by atoms with Gasteiger partial charge in [0, 0.05) is 13.2 Å². The normalized spacial score (nSPS) is 21.6. The number of hydrogen-bond donors (Lipinski definition) is 1. The van der Waals surface area contributed by atoms with Gasteiger partial charge in [-0.15, -0.1) is 0 Å². The zero-order valence-corrected chi connectivity index (χ0v) is 9.26. The van der Waals surface area contributed by atoms with E-state index < -0.39 is 0 Å². The largest absolute Gasteiger partial charge is 0.379 e. The summed E-state index contributed by atoms with van der Waals surface area (Å²) in [6.07, 6.45) is 5.31. The minimum Gasteiger partial charge on any atom is -0.379 e. The summed E-state index contributed by atoms with van der Waals surface area (Å²) >= 11 is 0. The molecule has 0 aromatic carbocycles. The molecular weight excluding hydrogens is 178 g/mol. The van der Waals surface area contributed by atoms with E-state index in [9.17, 15) is 0 Å². The lowest BCUT2D eigenvalue weighted by Crippen LogP contribution is -2.24. The molecule has 3 heteroatoms. The molecular formula is C11H23NO2. The van der Waals surface area contributed by atoms with Gasteiger partial charge < -0.3 is 14.8 Å². The van der Waals surface area contributed by atoms with E-state index in [1.165, 1.54) is 19.3 Å². The summed E-state index contributed by atoms with van der Waals surface area (Å²) in [6, 6.07) is 0. The van der Waals surface area contributed by atoms with Crippen LogP contribution in [-0.2, 0) is 9.47 Å². The maximum absolute atomic E-state index is 5.62. The van der Waals surface area contributed by atoms with Crippen LogP contribution in [0.15, 0.2) is 0 Å². The van der Waals surface area contributed by atoms with Gasteiger partial charge >= 0.3 is 0 Å². The summed E-state index contributed by atoms with van der Waals surface area (Å²) in [7, 11) is 0. The molecule has 1 fully saturated rings. The Kier molecular flexibility index (Phi) is 7.01. The summed E-state index contributed by atoms with van der Waals surface area (Å²) in [4.78, 5) is 0. The van der Waals surface area contributed by atoms with Crippen LogP contribution in [0.2, 0.25) is 0 Å². The van der Waals surface area contributed by atoms with Crippen molar-refractivity contribution in [3.05, 3.63) is 0 Å². The van der Waals surface area contributed by atoms with E-state index in [1.54, 1.807) is 0 Å². The molecule has 84 valence electrons. The van der Waals surface area contributed by atoms with E-state index in [2.05, 4.69) is 12.2 Å². The monoisotopic (exact) mass is 201 g/mol. The lowest BCUT2D eigenvalue weighted by molar-refractivity contribution is 0.0445. The van der Waals surface area contributed by atoms with Crippen LogP contribution < -0.4 is 5.32 Å². The van der Waals surface area contributed by atoms with Crippen LogP contribution in [0.4, 0.5) is 0 Å². The van der Waals surface area contributed by atoms with Gasteiger partial charge in [0.25, 0.3) is 0 Å². The first-order valence-corrected chi connectivity index (χ1v) is 5.83. The fourth-order valence-corrected chi connectivity index (χ4v) is 1.57. The quantitative estimate of drug-likeness (QED) is 0.605. The third-order valence-electron chi connectivity index (χ3n) is 2.48. The van der Waals surface area contributed by atoms with Crippen molar-refractivity contribution < 1.29 is 9.47 Å². The molecule has 0 aromatic heterocycles. The average molecular weight is 201 g/mol. The molecule has 0 spiro atoms. The Balaban J connectivity index is 1.75. The molecule has 1 heterocycles. The molecule has 1 aliphatic rings. The molecule has 1 atom stereocenters. The molecule has 0 bridgehead atoms. The fourth-order valence-electron chi connectivity index (χ4n) is 1.57. The molecule has 3 nitrogen and oxygen atoms in total. The number of rotatable bonds is 8. The van der Waals surface area contributed by atoms with Crippen molar-refractivity contribution in [2.75, 3.05) is 32.9 Å². The van der Waals surface area contributed by atoms with E-state index >= 15 is 0 Å². The van der Waals surface area contributed by atoms with Crippen molar-refractivity contribution in [1.29, 1.82) is 0 Å². The van der Waals surface area contributed by atoms with Gasteiger partial charge in [0.1, 0.15) is 0 Å². The van der Waals surface area contributed by atoms with Gasteiger partial charge in [0.05, 0.1) is 19.3 Å². The van der Waals surface area contributed by atoms with Crippen molar-refractivity contribution in [3.63, 3.8) is 0 Å². The van der Waals surface area contributed by atoms with Gasteiger partial charge in [0.15, 0.2) is 0 Å². The Morgan fingerprint density at radius 2 is 2.29 bits per heavy atom. The Labute approximate surface area is 87.2 Å². The molecule has 0 aromatic rings. The predicted octanol–water partition coefficient (Wildman–Crippen LogP) is 1.57. The minimum atomic E-state index is 0.354. The maximum atomic E-state index is 5.62. The predicted molar refractivity (Wildman–Crippen MR) is 57.6 cm³/mol. The maximum Gasteiger partial charge on any atom is 0.0831 e. The summed E-state index contributed by atoms with van der Waals surface area (Å²) in [5.41, 5.74) is 0. The molecule has 1 N–H and O–H groups in total. The third kappa shape index (κ3) is 5.58. The van der Waals surface area contributed by atoms with Gasteiger partial charge in [-0.05, 0) is 19.4 Å². The number of unbranched alkanes of at least 4 members (excludes halogenated alkanes) is 2. The lowest BCUT2D eigenvalue weighted by Gasteiger charge is -2.10. The second-order valence-corrected chi connectivity index (χ2v) is 3.81. The fraction of sp³-hybridized carbons (Fsp3) is 1.00. The van der Waals surface area contributed by atoms with Crippen LogP contribution in [0.5, 0.6) is 0 Å². The average Bonchev–Trinajstić information content (AvgIpc) is 2.69. The van der Waals surface area contributed by atoms with Crippen molar-refractivity contribution >= 4 is 0 Å². The first kappa shape index (κ1) is 12.0. The minimum absolute atomic E-state index is 0.354. The summed E-state index contributed by atoms with van der Waals surface area (Å²) in [6.45, 7) is 6.80. The summed E-state index contributed by atoms with van der Waals surface area (Å²) in [5, 5.41) is 3.38. The summed E-state index contributed by atoms with van der Waals surface area (Å²) in [5.74, 6) is 0. The smallest absolute Gasteiger partial charge is 0.0831 e. The second kappa shape index (κ2) is 8.21. The van der Waals surface area contributed by atoms with E-state index in [0.717, 1.165) is 39.3 Å². The first-order valence-electron chi connectivity index (χ1n) is 5.83. The van der Waals surface area contributed by atoms with E-state index in [0.29, 0.717) is 6.10 Å². The first-order chi connectivity index (χ1) is 6.93. The van der Waals surface area contributed by atoms with Crippen LogP contribution >= 0.6 is 0 Å². The lowest BCUT2D eigenvalue weighted by atomic mass is 10.2. The molecule has 0 aliphatic carbocycles. The molecule has 1 unspecified atom stereocenters. The third-order valence-corrected chi connectivity index (χ3v) is 2.48. The van der Waals surface area contributed by atoms with Crippen LogP contribution in [0, 0.1) is 0 Å². The van der Waals surface area contributed by atoms with Gasteiger partial charge in [-0.3, -0.25) is 0 Å². The van der Waals surface area contributed by atoms with Gasteiger partial charge in [-0.25, -0.2) is 0 Å². The molecule has 1 saturated heterocycles. The van der Waals surface area contributed by atoms with Crippen molar-refractivity contribution in [3.8, 4) is 0 Å². The molecule has 1 aliphatic heterocycles. The number of ether oxygens (including phenoxy) is 2. The Morgan fingerprint density at radius 3 is 3.00 bits per heavy atom. The Bertz CT molecular complexity index is 124. The Morgan fingerprint density at radius 1 is 1.36 bits per heavy atom. The van der Waals surface area contributed by atoms with Gasteiger partial charge in [-0.1, -0.05) is 19.8 Å². The van der Waals surface area contributed by atoms with Crippen LogP contribution in [0.1, 0.15) is 32.6 Å². The van der Waals surface area contributed by atoms with E-state index in [4.69, 9.17) is 9.47 Å². The van der Waals surface area contributed by atoms with Crippen LogP contribution in [-0.4, -0.2) is 39.0 Å². The van der Waals surface area contributed by atoms with E-state index in [-0.39, 0.29) is 0 Å². The highest BCUT2D eigenvalue weighted by molar-refractivity contribution is 4.63. The highest BCUT2D eigenvalue weighted by atomic mass is 16.5.